The number of aliphatic imine (C=N–C) groups is 1. The van der Waals surface area contributed by atoms with Crippen molar-refractivity contribution >= 4 is 17.7 Å². The maximum atomic E-state index is 13.0. The van der Waals surface area contributed by atoms with Crippen LogP contribution in [0.2, 0.25) is 0 Å². The van der Waals surface area contributed by atoms with Crippen molar-refractivity contribution in [2.45, 2.75) is 6.42 Å². The van der Waals surface area contributed by atoms with Crippen molar-refractivity contribution in [3.8, 4) is 0 Å². The number of hydrogen-bond donors (Lipinski definition) is 0. The van der Waals surface area contributed by atoms with Crippen LogP contribution in [0.25, 0.3) is 0 Å². The highest BCUT2D eigenvalue weighted by molar-refractivity contribution is 6.29. The Bertz CT molecular complexity index is 412. The standard InChI is InChI=1S/C9H5F2NO/c10-7-2-1-5-3-6(13)4-12-9(5)8(7)11/h1-2,4H,3H2. The van der Waals surface area contributed by atoms with Gasteiger partial charge < -0.3 is 0 Å². The molecule has 66 valence electrons. The van der Waals surface area contributed by atoms with Crippen molar-refractivity contribution in [2.75, 3.05) is 0 Å². The number of halogens is 2. The Hall–Kier alpha value is -1.58. The molecular formula is C9H5F2NO. The molecule has 0 fully saturated rings. The third-order valence-electron chi connectivity index (χ3n) is 1.85. The fraction of sp³-hybridized carbons (Fsp3) is 0.111. The molecule has 0 saturated carbocycles. The molecule has 13 heavy (non-hydrogen) atoms. The predicted octanol–water partition coefficient (Wildman–Crippen LogP) is 1.79. The van der Waals surface area contributed by atoms with Gasteiger partial charge in [0.2, 0.25) is 0 Å². The molecule has 0 N–H and O–H groups in total. The number of ketones is 1. The molecule has 0 aliphatic carbocycles. The van der Waals surface area contributed by atoms with Crippen LogP contribution in [0.15, 0.2) is 17.1 Å². The quantitative estimate of drug-likeness (QED) is 0.600. The van der Waals surface area contributed by atoms with Gasteiger partial charge in [-0.25, -0.2) is 13.8 Å². The van der Waals surface area contributed by atoms with E-state index < -0.39 is 11.6 Å². The smallest absolute Gasteiger partial charge is 0.184 e. The largest absolute Gasteiger partial charge is 0.293 e. The number of nitrogens with zero attached hydrogens (tertiary/aromatic N) is 1. The van der Waals surface area contributed by atoms with E-state index in [4.69, 9.17) is 0 Å². The van der Waals surface area contributed by atoms with E-state index in [0.717, 1.165) is 12.3 Å². The lowest BCUT2D eigenvalue weighted by Crippen LogP contribution is -2.09. The van der Waals surface area contributed by atoms with Crippen LogP contribution in [0.3, 0.4) is 0 Å². The highest BCUT2D eigenvalue weighted by Gasteiger charge is 2.17. The van der Waals surface area contributed by atoms with Gasteiger partial charge in [-0.3, -0.25) is 4.79 Å². The minimum absolute atomic E-state index is 0.0559. The summed E-state index contributed by atoms with van der Waals surface area (Å²) in [6.45, 7) is 0. The van der Waals surface area contributed by atoms with E-state index in [1.54, 1.807) is 0 Å². The molecule has 0 spiro atoms. The van der Waals surface area contributed by atoms with Crippen molar-refractivity contribution in [1.29, 1.82) is 0 Å². The van der Waals surface area contributed by atoms with E-state index in [-0.39, 0.29) is 17.9 Å². The fourth-order valence-corrected chi connectivity index (χ4v) is 1.23. The minimum atomic E-state index is -0.985. The Labute approximate surface area is 72.9 Å². The zero-order valence-electron chi connectivity index (χ0n) is 6.55. The summed E-state index contributed by atoms with van der Waals surface area (Å²) in [6.07, 6.45) is 1.11. The van der Waals surface area contributed by atoms with Gasteiger partial charge in [0, 0.05) is 6.42 Å². The fourth-order valence-electron chi connectivity index (χ4n) is 1.23. The zero-order valence-corrected chi connectivity index (χ0v) is 6.55. The van der Waals surface area contributed by atoms with Crippen molar-refractivity contribution in [2.24, 2.45) is 4.99 Å². The molecule has 2 nitrogen and oxygen atoms in total. The number of benzene rings is 1. The average molecular weight is 181 g/mol. The van der Waals surface area contributed by atoms with Gasteiger partial charge in [-0.2, -0.15) is 0 Å². The molecule has 4 heteroatoms. The number of Topliss-reactive ketones (excluding diaryl/α,β-unsaturated/α-hetero) is 1. The maximum absolute atomic E-state index is 13.0. The van der Waals surface area contributed by atoms with E-state index in [0.29, 0.717) is 5.56 Å². The summed E-state index contributed by atoms with van der Waals surface area (Å²) in [5.74, 6) is -2.12. The molecule has 0 unspecified atom stereocenters. The maximum Gasteiger partial charge on any atom is 0.184 e. The molecule has 0 bridgehead atoms. The molecule has 1 aromatic carbocycles. The Kier molecular flexibility index (Phi) is 1.69. The highest BCUT2D eigenvalue weighted by atomic mass is 19.2. The summed E-state index contributed by atoms with van der Waals surface area (Å²) in [7, 11) is 0. The molecule has 0 aromatic heterocycles. The molecule has 2 rings (SSSR count). The van der Waals surface area contributed by atoms with Crippen LogP contribution >= 0.6 is 0 Å². The lowest BCUT2D eigenvalue weighted by atomic mass is 10.0. The number of hydrogen-bond acceptors (Lipinski definition) is 2. The molecular weight excluding hydrogens is 176 g/mol. The summed E-state index contributed by atoms with van der Waals surface area (Å²) in [5.41, 5.74) is 0.381. The first-order valence-corrected chi connectivity index (χ1v) is 3.72. The van der Waals surface area contributed by atoms with Crippen LogP contribution < -0.4 is 0 Å². The topological polar surface area (TPSA) is 29.4 Å². The van der Waals surface area contributed by atoms with Crippen LogP contribution in [0.4, 0.5) is 14.5 Å². The normalized spacial score (nSPS) is 14.5. The van der Waals surface area contributed by atoms with Gasteiger partial charge in [0.15, 0.2) is 17.4 Å². The van der Waals surface area contributed by atoms with E-state index in [1.165, 1.54) is 6.07 Å². The van der Waals surface area contributed by atoms with Gasteiger partial charge in [0.25, 0.3) is 0 Å². The highest BCUT2D eigenvalue weighted by Crippen LogP contribution is 2.27. The summed E-state index contributed by atoms with van der Waals surface area (Å²) in [6, 6.07) is 2.38. The van der Waals surface area contributed by atoms with E-state index in [9.17, 15) is 13.6 Å². The Morgan fingerprint density at radius 2 is 2.08 bits per heavy atom. The lowest BCUT2D eigenvalue weighted by molar-refractivity contribution is -0.112. The van der Waals surface area contributed by atoms with Gasteiger partial charge in [0.05, 0.1) is 6.21 Å². The third-order valence-corrected chi connectivity index (χ3v) is 1.85. The van der Waals surface area contributed by atoms with E-state index in [1.807, 2.05) is 0 Å². The Balaban J connectivity index is 2.63. The van der Waals surface area contributed by atoms with E-state index in [2.05, 4.69) is 4.99 Å². The molecule has 1 aliphatic rings. The van der Waals surface area contributed by atoms with Crippen LogP contribution in [-0.4, -0.2) is 12.0 Å². The first-order valence-electron chi connectivity index (χ1n) is 3.72. The Morgan fingerprint density at radius 3 is 2.85 bits per heavy atom. The number of carbonyl (C=O) groups is 1. The second-order valence-electron chi connectivity index (χ2n) is 2.77. The number of rotatable bonds is 0. The summed E-state index contributed by atoms with van der Waals surface area (Å²) >= 11 is 0. The lowest BCUT2D eigenvalue weighted by Gasteiger charge is -2.08. The van der Waals surface area contributed by atoms with Crippen molar-refractivity contribution in [3.63, 3.8) is 0 Å². The molecule has 0 atom stereocenters. The average Bonchev–Trinajstić information content (AvgIpc) is 2.12. The molecule has 0 saturated heterocycles. The number of fused-ring (bicyclic) bond motifs is 1. The molecule has 1 aliphatic heterocycles. The van der Waals surface area contributed by atoms with Crippen molar-refractivity contribution in [3.05, 3.63) is 29.3 Å². The van der Waals surface area contributed by atoms with E-state index >= 15 is 0 Å². The van der Waals surface area contributed by atoms with Crippen LogP contribution in [0.1, 0.15) is 5.56 Å². The summed E-state index contributed by atoms with van der Waals surface area (Å²) in [4.78, 5) is 14.4. The second-order valence-corrected chi connectivity index (χ2v) is 2.77. The second kappa shape index (κ2) is 2.73. The van der Waals surface area contributed by atoms with Crippen LogP contribution in [0.5, 0.6) is 0 Å². The van der Waals surface area contributed by atoms with Gasteiger partial charge in [-0.1, -0.05) is 6.07 Å². The first kappa shape index (κ1) is 8.04. The van der Waals surface area contributed by atoms with Gasteiger partial charge in [-0.05, 0) is 11.6 Å². The molecule has 0 radical (unpaired) electrons. The number of carbonyl (C=O) groups excluding carboxylic acids is 1. The molecule has 1 aromatic rings. The van der Waals surface area contributed by atoms with Gasteiger partial charge >= 0.3 is 0 Å². The zero-order chi connectivity index (χ0) is 9.42. The first-order chi connectivity index (χ1) is 6.18. The monoisotopic (exact) mass is 181 g/mol. The minimum Gasteiger partial charge on any atom is -0.293 e. The molecule has 0 amide bonds. The SMILES string of the molecule is O=C1C=Nc2c(ccc(F)c2F)C1. The van der Waals surface area contributed by atoms with Crippen molar-refractivity contribution < 1.29 is 13.6 Å². The summed E-state index contributed by atoms with van der Waals surface area (Å²) in [5, 5.41) is 0. The van der Waals surface area contributed by atoms with Crippen LogP contribution in [-0.2, 0) is 11.2 Å². The van der Waals surface area contributed by atoms with Gasteiger partial charge in [0.1, 0.15) is 5.69 Å². The predicted molar refractivity (Wildman–Crippen MR) is 43.2 cm³/mol. The van der Waals surface area contributed by atoms with Gasteiger partial charge in [-0.15, -0.1) is 0 Å². The third kappa shape index (κ3) is 1.24. The summed E-state index contributed by atoms with van der Waals surface area (Å²) < 4.78 is 25.7. The van der Waals surface area contributed by atoms with Crippen LogP contribution in [0, 0.1) is 11.6 Å². The Morgan fingerprint density at radius 1 is 1.31 bits per heavy atom. The van der Waals surface area contributed by atoms with Crippen molar-refractivity contribution in [1.82, 2.24) is 0 Å². The molecule has 1 heterocycles.